The van der Waals surface area contributed by atoms with Gasteiger partial charge < -0.3 is 15.2 Å². The van der Waals surface area contributed by atoms with E-state index in [1.165, 1.54) is 0 Å². The molecule has 0 aromatic rings. The quantitative estimate of drug-likeness (QED) is 0.781. The number of carbonyl (C=O) groups is 2. The average Bonchev–Trinajstić information content (AvgIpc) is 3.01. The van der Waals surface area contributed by atoms with Gasteiger partial charge in [-0.3, -0.25) is 9.59 Å². The standard InChI is InChI=1S/C15H25NO4/c1-15(16,14(18)20-12-8-4-5-9-12)10-13(17)19-11-6-2-3-7-11/h11-12H,2-10,16H2,1H3/t15-/m1/s1. The van der Waals surface area contributed by atoms with Crippen molar-refractivity contribution in [3.8, 4) is 0 Å². The van der Waals surface area contributed by atoms with E-state index in [0.717, 1.165) is 51.4 Å². The van der Waals surface area contributed by atoms with Crippen LogP contribution in [0.4, 0.5) is 0 Å². The Hall–Kier alpha value is -1.10. The zero-order valence-corrected chi connectivity index (χ0v) is 12.2. The number of esters is 2. The van der Waals surface area contributed by atoms with Gasteiger partial charge in [0.2, 0.25) is 0 Å². The fraction of sp³-hybridized carbons (Fsp3) is 0.867. The van der Waals surface area contributed by atoms with Crippen molar-refractivity contribution in [1.29, 1.82) is 0 Å². The maximum atomic E-state index is 12.0. The summed E-state index contributed by atoms with van der Waals surface area (Å²) in [5.74, 6) is -0.891. The molecule has 2 rings (SSSR count). The van der Waals surface area contributed by atoms with E-state index < -0.39 is 17.5 Å². The molecule has 0 unspecified atom stereocenters. The summed E-state index contributed by atoms with van der Waals surface area (Å²) in [4.78, 5) is 23.9. The van der Waals surface area contributed by atoms with Crippen molar-refractivity contribution < 1.29 is 19.1 Å². The minimum Gasteiger partial charge on any atom is -0.462 e. The summed E-state index contributed by atoms with van der Waals surface area (Å²) in [6, 6.07) is 0. The molecule has 2 N–H and O–H groups in total. The first-order valence-corrected chi connectivity index (χ1v) is 7.67. The molecule has 114 valence electrons. The lowest BCUT2D eigenvalue weighted by atomic mass is 9.99. The SMILES string of the molecule is C[C@@](N)(CC(=O)OC1CCCC1)C(=O)OC1CCCC1. The van der Waals surface area contributed by atoms with Crippen LogP contribution in [-0.4, -0.2) is 29.7 Å². The van der Waals surface area contributed by atoms with Crippen LogP contribution in [0.5, 0.6) is 0 Å². The second kappa shape index (κ2) is 6.57. The molecule has 2 saturated carbocycles. The van der Waals surface area contributed by atoms with E-state index in [4.69, 9.17) is 15.2 Å². The Morgan fingerprint density at radius 3 is 1.95 bits per heavy atom. The van der Waals surface area contributed by atoms with Gasteiger partial charge in [-0.15, -0.1) is 0 Å². The third kappa shape index (κ3) is 4.20. The minimum absolute atomic E-state index is 0.00384. The third-order valence-corrected chi connectivity index (χ3v) is 4.15. The first-order chi connectivity index (χ1) is 9.47. The fourth-order valence-corrected chi connectivity index (χ4v) is 2.90. The van der Waals surface area contributed by atoms with Gasteiger partial charge in [0.25, 0.3) is 0 Å². The molecule has 2 aliphatic rings. The van der Waals surface area contributed by atoms with Crippen LogP contribution in [0.25, 0.3) is 0 Å². The van der Waals surface area contributed by atoms with Gasteiger partial charge in [-0.25, -0.2) is 0 Å². The Balaban J connectivity index is 1.78. The van der Waals surface area contributed by atoms with Gasteiger partial charge in [0.1, 0.15) is 17.7 Å². The van der Waals surface area contributed by atoms with Crippen LogP contribution in [0.1, 0.15) is 64.7 Å². The molecule has 0 amide bonds. The van der Waals surface area contributed by atoms with E-state index in [1.54, 1.807) is 6.92 Å². The molecule has 0 bridgehead atoms. The first-order valence-electron chi connectivity index (χ1n) is 7.67. The zero-order chi connectivity index (χ0) is 14.6. The average molecular weight is 283 g/mol. The van der Waals surface area contributed by atoms with E-state index >= 15 is 0 Å². The largest absolute Gasteiger partial charge is 0.462 e. The molecule has 0 spiro atoms. The maximum Gasteiger partial charge on any atom is 0.326 e. The van der Waals surface area contributed by atoms with Crippen LogP contribution in [0, 0.1) is 0 Å². The van der Waals surface area contributed by atoms with Crippen molar-refractivity contribution in [3.05, 3.63) is 0 Å². The smallest absolute Gasteiger partial charge is 0.326 e. The summed E-state index contributed by atoms with van der Waals surface area (Å²) >= 11 is 0. The first kappa shape index (κ1) is 15.3. The highest BCUT2D eigenvalue weighted by atomic mass is 16.6. The fourth-order valence-electron chi connectivity index (χ4n) is 2.90. The molecular weight excluding hydrogens is 258 g/mol. The summed E-state index contributed by atoms with van der Waals surface area (Å²) in [5, 5.41) is 0. The third-order valence-electron chi connectivity index (χ3n) is 4.15. The van der Waals surface area contributed by atoms with Crippen LogP contribution in [0.3, 0.4) is 0 Å². The lowest BCUT2D eigenvalue weighted by molar-refractivity contribution is -0.161. The summed E-state index contributed by atoms with van der Waals surface area (Å²) in [6.45, 7) is 1.54. The van der Waals surface area contributed by atoms with Crippen molar-refractivity contribution in [2.45, 2.75) is 82.5 Å². The van der Waals surface area contributed by atoms with Crippen LogP contribution in [-0.2, 0) is 19.1 Å². The molecule has 20 heavy (non-hydrogen) atoms. The number of rotatable bonds is 5. The van der Waals surface area contributed by atoms with Crippen LogP contribution in [0.15, 0.2) is 0 Å². The normalized spacial score (nSPS) is 23.5. The molecule has 0 radical (unpaired) electrons. The van der Waals surface area contributed by atoms with Gasteiger partial charge >= 0.3 is 11.9 Å². The number of hydrogen-bond acceptors (Lipinski definition) is 5. The molecule has 0 saturated heterocycles. The van der Waals surface area contributed by atoms with Crippen molar-refractivity contribution in [3.63, 3.8) is 0 Å². The summed E-state index contributed by atoms with van der Waals surface area (Å²) < 4.78 is 10.7. The summed E-state index contributed by atoms with van der Waals surface area (Å²) in [5.41, 5.74) is 4.64. The molecule has 0 aromatic heterocycles. The van der Waals surface area contributed by atoms with Crippen LogP contribution in [0.2, 0.25) is 0 Å². The molecular formula is C15H25NO4. The van der Waals surface area contributed by atoms with E-state index in [1.807, 2.05) is 0 Å². The topological polar surface area (TPSA) is 78.6 Å². The highest BCUT2D eigenvalue weighted by Gasteiger charge is 2.36. The Kier molecular flexibility index (Phi) is 5.02. The van der Waals surface area contributed by atoms with Gasteiger partial charge in [-0.05, 0) is 58.3 Å². The van der Waals surface area contributed by atoms with Gasteiger partial charge in [0, 0.05) is 0 Å². The second-order valence-electron chi connectivity index (χ2n) is 6.30. The molecule has 5 heteroatoms. The zero-order valence-electron chi connectivity index (χ0n) is 12.2. The van der Waals surface area contributed by atoms with E-state index in [-0.39, 0.29) is 18.6 Å². The van der Waals surface area contributed by atoms with Crippen molar-refractivity contribution in [2.24, 2.45) is 5.73 Å². The Morgan fingerprint density at radius 2 is 1.45 bits per heavy atom. The molecule has 5 nitrogen and oxygen atoms in total. The number of nitrogens with two attached hydrogens (primary N) is 1. The lowest BCUT2D eigenvalue weighted by Gasteiger charge is -2.24. The number of hydrogen-bond donors (Lipinski definition) is 1. The van der Waals surface area contributed by atoms with Crippen LogP contribution >= 0.6 is 0 Å². The van der Waals surface area contributed by atoms with Gasteiger partial charge in [0.15, 0.2) is 0 Å². The highest BCUT2D eigenvalue weighted by Crippen LogP contribution is 2.24. The molecule has 2 fully saturated rings. The van der Waals surface area contributed by atoms with Gasteiger partial charge in [0.05, 0.1) is 6.42 Å². The van der Waals surface area contributed by atoms with E-state index in [9.17, 15) is 9.59 Å². The van der Waals surface area contributed by atoms with Crippen molar-refractivity contribution in [2.75, 3.05) is 0 Å². The summed E-state index contributed by atoms with van der Waals surface area (Å²) in [7, 11) is 0. The highest BCUT2D eigenvalue weighted by molar-refractivity contribution is 5.86. The Labute approximate surface area is 120 Å². The molecule has 0 aromatic carbocycles. The Bertz CT molecular complexity index is 355. The number of carbonyl (C=O) groups excluding carboxylic acids is 2. The predicted molar refractivity (Wildman–Crippen MR) is 73.9 cm³/mol. The van der Waals surface area contributed by atoms with E-state index in [2.05, 4.69) is 0 Å². The summed E-state index contributed by atoms with van der Waals surface area (Å²) in [6.07, 6.45) is 7.85. The molecule has 0 aliphatic heterocycles. The van der Waals surface area contributed by atoms with Gasteiger partial charge in [-0.2, -0.15) is 0 Å². The van der Waals surface area contributed by atoms with E-state index in [0.29, 0.717) is 0 Å². The molecule has 1 atom stereocenters. The lowest BCUT2D eigenvalue weighted by Crippen LogP contribution is -2.49. The van der Waals surface area contributed by atoms with Crippen molar-refractivity contribution >= 4 is 11.9 Å². The second-order valence-corrected chi connectivity index (χ2v) is 6.30. The Morgan fingerprint density at radius 1 is 1.00 bits per heavy atom. The monoisotopic (exact) mass is 283 g/mol. The minimum atomic E-state index is -1.29. The van der Waals surface area contributed by atoms with Crippen molar-refractivity contribution in [1.82, 2.24) is 0 Å². The van der Waals surface area contributed by atoms with Gasteiger partial charge in [-0.1, -0.05) is 0 Å². The molecule has 0 heterocycles. The predicted octanol–water partition coefficient (Wildman–Crippen LogP) is 2.07. The maximum absolute atomic E-state index is 12.0. The molecule has 2 aliphatic carbocycles. The number of ether oxygens (including phenoxy) is 2. The van der Waals surface area contributed by atoms with Crippen LogP contribution < -0.4 is 5.73 Å².